The van der Waals surface area contributed by atoms with Gasteiger partial charge in [-0.1, -0.05) is 18.2 Å². The van der Waals surface area contributed by atoms with Gasteiger partial charge in [-0.2, -0.15) is 0 Å². The summed E-state index contributed by atoms with van der Waals surface area (Å²) >= 11 is 1.29. The number of carbonyl (C=O) groups is 3. The van der Waals surface area contributed by atoms with Crippen molar-refractivity contribution in [2.45, 2.75) is 6.92 Å². The highest BCUT2D eigenvalue weighted by Crippen LogP contribution is 2.24. The Morgan fingerprint density at radius 1 is 1.12 bits per heavy atom. The summed E-state index contributed by atoms with van der Waals surface area (Å²) in [5.74, 6) is -1.63. The second-order valence-electron chi connectivity index (χ2n) is 6.74. The maximum absolute atomic E-state index is 12.6. The number of esters is 1. The van der Waals surface area contributed by atoms with Crippen LogP contribution in [0.25, 0.3) is 0 Å². The number of hydrogen-bond acceptors (Lipinski definition) is 7. The zero-order valence-electron chi connectivity index (χ0n) is 17.2. The molecule has 1 aromatic heterocycles. The van der Waals surface area contributed by atoms with Gasteiger partial charge in [0.05, 0.1) is 21.1 Å². The molecule has 3 aromatic rings. The van der Waals surface area contributed by atoms with Gasteiger partial charge in [-0.25, -0.2) is 4.79 Å². The molecule has 0 unspecified atom stereocenters. The first-order valence-corrected chi connectivity index (χ1v) is 10.3. The monoisotopic (exact) mass is 453 g/mol. The molecule has 0 aliphatic heterocycles. The largest absolute Gasteiger partial charge is 0.452 e. The van der Waals surface area contributed by atoms with Gasteiger partial charge in [-0.05, 0) is 42.1 Å². The highest BCUT2D eigenvalue weighted by atomic mass is 32.1. The van der Waals surface area contributed by atoms with Crippen molar-refractivity contribution in [3.63, 3.8) is 0 Å². The molecule has 2 amide bonds. The van der Waals surface area contributed by atoms with Crippen molar-refractivity contribution in [3.05, 3.63) is 86.1 Å². The Bertz CT molecular complexity index is 1180. The van der Waals surface area contributed by atoms with E-state index >= 15 is 0 Å². The number of nitro benzene ring substituents is 1. The van der Waals surface area contributed by atoms with Gasteiger partial charge >= 0.3 is 5.97 Å². The fourth-order valence-electron chi connectivity index (χ4n) is 2.91. The third kappa shape index (κ3) is 5.16. The van der Waals surface area contributed by atoms with E-state index in [2.05, 4.69) is 5.32 Å². The van der Waals surface area contributed by atoms with E-state index in [1.807, 2.05) is 0 Å². The van der Waals surface area contributed by atoms with E-state index in [4.69, 9.17) is 4.74 Å². The Hall–Kier alpha value is -4.05. The number of para-hydroxylation sites is 1. The maximum atomic E-state index is 12.6. The van der Waals surface area contributed by atoms with Crippen LogP contribution in [0.1, 0.15) is 25.6 Å². The van der Waals surface area contributed by atoms with Crippen molar-refractivity contribution in [2.24, 2.45) is 0 Å². The predicted octanol–water partition coefficient (Wildman–Crippen LogP) is 4.04. The molecular formula is C22H19N3O6S. The van der Waals surface area contributed by atoms with Gasteiger partial charge in [0.15, 0.2) is 6.61 Å². The summed E-state index contributed by atoms with van der Waals surface area (Å²) < 4.78 is 5.13. The van der Waals surface area contributed by atoms with Crippen molar-refractivity contribution in [1.29, 1.82) is 0 Å². The molecule has 0 fully saturated rings. The van der Waals surface area contributed by atoms with Crippen LogP contribution in [0.15, 0.2) is 60.0 Å². The van der Waals surface area contributed by atoms with Crippen molar-refractivity contribution >= 4 is 46.2 Å². The summed E-state index contributed by atoms with van der Waals surface area (Å²) in [4.78, 5) is 49.6. The van der Waals surface area contributed by atoms with Gasteiger partial charge in [0.1, 0.15) is 0 Å². The second kappa shape index (κ2) is 9.84. The van der Waals surface area contributed by atoms with E-state index in [0.29, 0.717) is 21.8 Å². The van der Waals surface area contributed by atoms with E-state index < -0.39 is 23.4 Å². The highest BCUT2D eigenvalue weighted by Gasteiger charge is 2.21. The highest BCUT2D eigenvalue weighted by molar-refractivity contribution is 7.12. The molecule has 1 heterocycles. The molecule has 0 bridgehead atoms. The van der Waals surface area contributed by atoms with Crippen LogP contribution >= 0.6 is 11.3 Å². The average molecular weight is 453 g/mol. The van der Waals surface area contributed by atoms with Crippen LogP contribution < -0.4 is 10.2 Å². The first kappa shape index (κ1) is 22.6. The minimum Gasteiger partial charge on any atom is -0.452 e. The van der Waals surface area contributed by atoms with Crippen LogP contribution in [0.3, 0.4) is 0 Å². The quantitative estimate of drug-likeness (QED) is 0.328. The minimum atomic E-state index is -0.762. The van der Waals surface area contributed by atoms with Gasteiger partial charge in [0, 0.05) is 24.9 Å². The van der Waals surface area contributed by atoms with Crippen molar-refractivity contribution < 1.29 is 24.0 Å². The number of ether oxygens (including phenoxy) is 1. The molecule has 10 heteroatoms. The standard InChI is InChI=1S/C22H19N3O6S/c1-14-12-15(25(29)30)9-10-17(14)23-20(26)13-31-22(28)16-6-3-4-7-18(16)24(2)21(27)19-8-5-11-32-19/h3-12H,13H2,1-2H3,(H,23,26). The Labute approximate surface area is 187 Å². The zero-order chi connectivity index (χ0) is 23.3. The van der Waals surface area contributed by atoms with Crippen LogP contribution in [0.2, 0.25) is 0 Å². The van der Waals surface area contributed by atoms with E-state index in [1.165, 1.54) is 40.5 Å². The van der Waals surface area contributed by atoms with E-state index in [1.54, 1.807) is 49.7 Å². The summed E-state index contributed by atoms with van der Waals surface area (Å²) in [5, 5.41) is 15.2. The summed E-state index contributed by atoms with van der Waals surface area (Å²) in [6.45, 7) is 1.05. The molecule has 164 valence electrons. The summed E-state index contributed by atoms with van der Waals surface area (Å²) in [6.07, 6.45) is 0. The molecule has 0 saturated heterocycles. The first-order chi connectivity index (χ1) is 15.3. The first-order valence-electron chi connectivity index (χ1n) is 9.40. The fourth-order valence-corrected chi connectivity index (χ4v) is 3.61. The number of carbonyl (C=O) groups excluding carboxylic acids is 3. The number of benzene rings is 2. The number of nitro groups is 1. The third-order valence-corrected chi connectivity index (χ3v) is 5.41. The van der Waals surface area contributed by atoms with E-state index in [-0.39, 0.29) is 17.2 Å². The number of rotatable bonds is 7. The molecule has 2 aromatic carbocycles. The van der Waals surface area contributed by atoms with Crippen LogP contribution in [-0.2, 0) is 9.53 Å². The Kier molecular flexibility index (Phi) is 6.96. The molecule has 0 aliphatic carbocycles. The van der Waals surface area contributed by atoms with E-state index in [9.17, 15) is 24.5 Å². The van der Waals surface area contributed by atoms with Crippen molar-refractivity contribution in [3.8, 4) is 0 Å². The van der Waals surface area contributed by atoms with Gasteiger partial charge in [0.2, 0.25) is 0 Å². The van der Waals surface area contributed by atoms with Crippen LogP contribution in [0, 0.1) is 17.0 Å². The lowest BCUT2D eigenvalue weighted by Crippen LogP contribution is -2.28. The molecular weight excluding hydrogens is 434 g/mol. The van der Waals surface area contributed by atoms with Crippen LogP contribution in [0.5, 0.6) is 0 Å². The molecule has 32 heavy (non-hydrogen) atoms. The number of anilines is 2. The molecule has 9 nitrogen and oxygen atoms in total. The maximum Gasteiger partial charge on any atom is 0.340 e. The van der Waals surface area contributed by atoms with Crippen molar-refractivity contribution in [1.82, 2.24) is 0 Å². The lowest BCUT2D eigenvalue weighted by molar-refractivity contribution is -0.384. The van der Waals surface area contributed by atoms with E-state index in [0.717, 1.165) is 0 Å². The number of hydrogen-bond donors (Lipinski definition) is 1. The molecule has 1 N–H and O–H groups in total. The summed E-state index contributed by atoms with van der Waals surface area (Å²) in [5.41, 5.74) is 1.27. The number of thiophene rings is 1. The predicted molar refractivity (Wildman–Crippen MR) is 120 cm³/mol. The minimum absolute atomic E-state index is 0.0928. The Balaban J connectivity index is 1.66. The fraction of sp³-hybridized carbons (Fsp3) is 0.136. The molecule has 0 radical (unpaired) electrons. The molecule has 0 atom stereocenters. The Morgan fingerprint density at radius 3 is 2.53 bits per heavy atom. The third-order valence-electron chi connectivity index (χ3n) is 4.55. The SMILES string of the molecule is Cc1cc([N+](=O)[O-])ccc1NC(=O)COC(=O)c1ccccc1N(C)C(=O)c1cccs1. The normalized spacial score (nSPS) is 10.3. The van der Waals surface area contributed by atoms with Crippen LogP contribution in [0.4, 0.5) is 17.1 Å². The van der Waals surface area contributed by atoms with Gasteiger partial charge < -0.3 is 15.0 Å². The lowest BCUT2D eigenvalue weighted by atomic mass is 10.1. The van der Waals surface area contributed by atoms with Crippen molar-refractivity contribution in [2.75, 3.05) is 23.9 Å². The molecule has 3 rings (SSSR count). The zero-order valence-corrected chi connectivity index (χ0v) is 18.0. The average Bonchev–Trinajstić information content (AvgIpc) is 3.32. The lowest BCUT2D eigenvalue weighted by Gasteiger charge is -2.19. The second-order valence-corrected chi connectivity index (χ2v) is 7.69. The molecule has 0 spiro atoms. The topological polar surface area (TPSA) is 119 Å². The van der Waals surface area contributed by atoms with Crippen LogP contribution in [-0.4, -0.2) is 36.4 Å². The Morgan fingerprint density at radius 2 is 1.88 bits per heavy atom. The number of amides is 2. The summed E-state index contributed by atoms with van der Waals surface area (Å²) in [7, 11) is 1.55. The number of non-ortho nitro benzene ring substituents is 1. The summed E-state index contributed by atoms with van der Waals surface area (Å²) in [6, 6.07) is 13.9. The molecule has 0 saturated carbocycles. The molecule has 0 aliphatic rings. The number of aryl methyl sites for hydroxylation is 1. The smallest absolute Gasteiger partial charge is 0.340 e. The number of nitrogens with zero attached hydrogens (tertiary/aromatic N) is 2. The van der Waals surface area contributed by atoms with Gasteiger partial charge in [-0.3, -0.25) is 19.7 Å². The number of nitrogens with one attached hydrogen (secondary N) is 1. The van der Waals surface area contributed by atoms with Gasteiger partial charge in [0.25, 0.3) is 17.5 Å². The van der Waals surface area contributed by atoms with Gasteiger partial charge in [-0.15, -0.1) is 11.3 Å².